The molecule has 3 heterocycles. The van der Waals surface area contributed by atoms with Crippen molar-refractivity contribution in [3.05, 3.63) is 58.5 Å². The number of carbonyl (C=O) groups is 2. The van der Waals surface area contributed by atoms with E-state index < -0.39 is 11.0 Å². The van der Waals surface area contributed by atoms with Crippen LogP contribution in [0.2, 0.25) is 0 Å². The molecule has 1 unspecified atom stereocenters. The zero-order chi connectivity index (χ0) is 26.1. The highest BCUT2D eigenvalue weighted by molar-refractivity contribution is 6.00. The summed E-state index contributed by atoms with van der Waals surface area (Å²) in [7, 11) is 0. The highest BCUT2D eigenvalue weighted by Crippen LogP contribution is 2.40. The van der Waals surface area contributed by atoms with E-state index in [1.165, 1.54) is 10.6 Å². The van der Waals surface area contributed by atoms with E-state index in [2.05, 4.69) is 5.32 Å². The largest absolute Gasteiger partial charge is 0.387 e. The number of amides is 2. The van der Waals surface area contributed by atoms with Crippen LogP contribution in [0.3, 0.4) is 0 Å². The van der Waals surface area contributed by atoms with Gasteiger partial charge in [0.05, 0.1) is 17.7 Å². The van der Waals surface area contributed by atoms with Gasteiger partial charge in [-0.2, -0.15) is 0 Å². The first-order valence-electron chi connectivity index (χ1n) is 12.8. The SMILES string of the molecule is CC(C)C(=O)N1CCC(O)(Cn2cc(C(=O)N3CCNCC3)c(-c3ccccc3)cc2=O)C(C)(C)C1. The van der Waals surface area contributed by atoms with Gasteiger partial charge in [-0.3, -0.25) is 14.4 Å². The van der Waals surface area contributed by atoms with Crippen molar-refractivity contribution in [2.75, 3.05) is 39.3 Å². The lowest BCUT2D eigenvalue weighted by Gasteiger charge is -2.50. The number of carbonyl (C=O) groups excluding carboxylic acids is 2. The lowest BCUT2D eigenvalue weighted by Crippen LogP contribution is -2.61. The first-order chi connectivity index (χ1) is 17.0. The Kier molecular flexibility index (Phi) is 7.38. The predicted molar refractivity (Wildman–Crippen MR) is 140 cm³/mol. The smallest absolute Gasteiger partial charge is 0.256 e. The number of piperidine rings is 1. The van der Waals surface area contributed by atoms with Crippen molar-refractivity contribution >= 4 is 11.8 Å². The number of nitrogens with one attached hydrogen (secondary N) is 1. The number of aliphatic hydroxyl groups is 1. The number of piperazine rings is 1. The molecule has 194 valence electrons. The van der Waals surface area contributed by atoms with Crippen molar-refractivity contribution in [1.82, 2.24) is 19.7 Å². The lowest BCUT2D eigenvalue weighted by molar-refractivity contribution is -0.156. The quantitative estimate of drug-likeness (QED) is 0.665. The van der Waals surface area contributed by atoms with Crippen molar-refractivity contribution in [2.24, 2.45) is 11.3 Å². The molecule has 0 bridgehead atoms. The number of likely N-dealkylation sites (tertiary alicyclic amines) is 1. The summed E-state index contributed by atoms with van der Waals surface area (Å²) in [5.41, 5.74) is -0.263. The second-order valence-electron chi connectivity index (χ2n) is 11.1. The molecule has 2 aliphatic heterocycles. The summed E-state index contributed by atoms with van der Waals surface area (Å²) in [5.74, 6) is -0.162. The molecule has 0 spiro atoms. The van der Waals surface area contributed by atoms with Crippen LogP contribution in [0.25, 0.3) is 11.1 Å². The normalized spacial score (nSPS) is 22.1. The maximum Gasteiger partial charge on any atom is 0.256 e. The maximum absolute atomic E-state index is 13.6. The van der Waals surface area contributed by atoms with Gasteiger partial charge in [-0.1, -0.05) is 58.0 Å². The maximum atomic E-state index is 13.6. The fourth-order valence-electron chi connectivity index (χ4n) is 5.25. The molecule has 8 nitrogen and oxygen atoms in total. The van der Waals surface area contributed by atoms with Crippen LogP contribution in [-0.2, 0) is 11.3 Å². The number of aromatic nitrogens is 1. The molecule has 0 radical (unpaired) electrons. The number of hydrogen-bond acceptors (Lipinski definition) is 5. The summed E-state index contributed by atoms with van der Waals surface area (Å²) in [4.78, 5) is 43.1. The van der Waals surface area contributed by atoms with E-state index >= 15 is 0 Å². The first-order valence-corrected chi connectivity index (χ1v) is 12.8. The molecule has 1 aromatic heterocycles. The Labute approximate surface area is 212 Å². The predicted octanol–water partition coefficient (Wildman–Crippen LogP) is 2.21. The van der Waals surface area contributed by atoms with Crippen LogP contribution in [-0.4, -0.2) is 76.2 Å². The number of rotatable bonds is 5. The van der Waals surface area contributed by atoms with Gasteiger partial charge in [-0.15, -0.1) is 0 Å². The van der Waals surface area contributed by atoms with E-state index in [0.717, 1.165) is 18.7 Å². The molecule has 2 fully saturated rings. The van der Waals surface area contributed by atoms with Gasteiger partial charge >= 0.3 is 0 Å². The highest BCUT2D eigenvalue weighted by Gasteiger charge is 2.49. The molecule has 2 amide bonds. The summed E-state index contributed by atoms with van der Waals surface area (Å²) < 4.78 is 1.48. The summed E-state index contributed by atoms with van der Waals surface area (Å²) in [6.07, 6.45) is 1.97. The summed E-state index contributed by atoms with van der Waals surface area (Å²) in [6.45, 7) is 11.2. The Morgan fingerprint density at radius 2 is 1.72 bits per heavy atom. The summed E-state index contributed by atoms with van der Waals surface area (Å²) in [6, 6.07) is 11.0. The van der Waals surface area contributed by atoms with Gasteiger partial charge in [-0.05, 0) is 12.0 Å². The van der Waals surface area contributed by atoms with Gasteiger partial charge in [0.25, 0.3) is 11.5 Å². The third kappa shape index (κ3) is 5.11. The van der Waals surface area contributed by atoms with E-state index in [4.69, 9.17) is 0 Å². The van der Waals surface area contributed by atoms with Crippen LogP contribution in [0.1, 0.15) is 44.5 Å². The van der Waals surface area contributed by atoms with Crippen molar-refractivity contribution in [3.63, 3.8) is 0 Å². The van der Waals surface area contributed by atoms with Gasteiger partial charge in [0.2, 0.25) is 5.91 Å². The molecule has 4 rings (SSSR count). The van der Waals surface area contributed by atoms with Gasteiger partial charge in [0, 0.05) is 68.4 Å². The third-order valence-corrected chi connectivity index (χ3v) is 7.72. The Morgan fingerprint density at radius 3 is 2.33 bits per heavy atom. The lowest BCUT2D eigenvalue weighted by atomic mass is 9.69. The second-order valence-corrected chi connectivity index (χ2v) is 11.1. The highest BCUT2D eigenvalue weighted by atomic mass is 16.3. The van der Waals surface area contributed by atoms with Crippen molar-refractivity contribution in [3.8, 4) is 11.1 Å². The van der Waals surface area contributed by atoms with Gasteiger partial charge < -0.3 is 24.8 Å². The van der Waals surface area contributed by atoms with E-state index in [9.17, 15) is 19.5 Å². The number of nitrogens with zero attached hydrogens (tertiary/aromatic N) is 3. The molecule has 2 aromatic rings. The fourth-order valence-corrected chi connectivity index (χ4v) is 5.25. The average molecular weight is 495 g/mol. The fraction of sp³-hybridized carbons (Fsp3) is 0.536. The van der Waals surface area contributed by atoms with Crippen LogP contribution in [0.15, 0.2) is 47.4 Å². The van der Waals surface area contributed by atoms with Crippen LogP contribution in [0.4, 0.5) is 0 Å². The van der Waals surface area contributed by atoms with Gasteiger partial charge in [0.1, 0.15) is 0 Å². The van der Waals surface area contributed by atoms with Gasteiger partial charge in [0.15, 0.2) is 0 Å². The Balaban J connectivity index is 1.70. The van der Waals surface area contributed by atoms with Crippen LogP contribution < -0.4 is 10.9 Å². The molecular weight excluding hydrogens is 456 g/mol. The minimum absolute atomic E-state index is 0.0550. The zero-order valence-electron chi connectivity index (χ0n) is 21.8. The standard InChI is InChI=1S/C28H38N4O4/c1-20(2)25(34)31-13-10-28(36,27(3,4)18-31)19-32-17-23(26(35)30-14-11-29-12-15-30)22(16-24(32)33)21-8-6-5-7-9-21/h5-9,16-17,20,29,36H,10-15,18-19H2,1-4H3. The Hall–Kier alpha value is -2.97. The molecular formula is C28H38N4O4. The molecule has 2 saturated heterocycles. The number of pyridine rings is 1. The van der Waals surface area contributed by atoms with Crippen LogP contribution in [0, 0.1) is 11.3 Å². The molecule has 0 aliphatic carbocycles. The van der Waals surface area contributed by atoms with Crippen molar-refractivity contribution in [2.45, 2.75) is 46.3 Å². The molecule has 1 atom stereocenters. The zero-order valence-corrected chi connectivity index (χ0v) is 21.8. The summed E-state index contributed by atoms with van der Waals surface area (Å²) >= 11 is 0. The minimum atomic E-state index is -1.21. The Morgan fingerprint density at radius 1 is 1.06 bits per heavy atom. The topological polar surface area (TPSA) is 94.9 Å². The number of hydrogen-bond donors (Lipinski definition) is 2. The molecule has 2 N–H and O–H groups in total. The number of benzene rings is 1. The van der Waals surface area contributed by atoms with Crippen molar-refractivity contribution < 1.29 is 14.7 Å². The molecule has 36 heavy (non-hydrogen) atoms. The monoisotopic (exact) mass is 494 g/mol. The molecule has 0 saturated carbocycles. The van der Waals surface area contributed by atoms with E-state index in [-0.39, 0.29) is 29.8 Å². The summed E-state index contributed by atoms with van der Waals surface area (Å²) in [5, 5.41) is 15.0. The van der Waals surface area contributed by atoms with E-state index in [1.54, 1.807) is 11.1 Å². The average Bonchev–Trinajstić information content (AvgIpc) is 2.87. The third-order valence-electron chi connectivity index (χ3n) is 7.72. The molecule has 8 heteroatoms. The second kappa shape index (κ2) is 10.2. The Bertz CT molecular complexity index is 1170. The molecule has 2 aliphatic rings. The molecule has 1 aromatic carbocycles. The van der Waals surface area contributed by atoms with Gasteiger partial charge in [-0.25, -0.2) is 0 Å². The van der Waals surface area contributed by atoms with Crippen molar-refractivity contribution in [1.29, 1.82) is 0 Å². The first kappa shape index (κ1) is 26.1. The van der Waals surface area contributed by atoms with E-state index in [1.807, 2.05) is 62.9 Å². The van der Waals surface area contributed by atoms with Crippen LogP contribution >= 0.6 is 0 Å². The van der Waals surface area contributed by atoms with Crippen LogP contribution in [0.5, 0.6) is 0 Å². The van der Waals surface area contributed by atoms with E-state index in [0.29, 0.717) is 43.7 Å². The minimum Gasteiger partial charge on any atom is -0.387 e.